The van der Waals surface area contributed by atoms with Gasteiger partial charge >= 0.3 is 11.9 Å². The second kappa shape index (κ2) is 6.83. The minimum Gasteiger partial charge on any atom is -0.423 e. The first-order chi connectivity index (χ1) is 9.70. The number of rotatable bonds is 4. The van der Waals surface area contributed by atoms with Crippen LogP contribution in [0.1, 0.15) is 38.8 Å². The fourth-order valence-electron chi connectivity index (χ4n) is 1.94. The molecule has 0 fully saturated rings. The summed E-state index contributed by atoms with van der Waals surface area (Å²) < 4.78 is 10.1. The molecule has 0 amide bonds. The second-order valence-electron chi connectivity index (χ2n) is 4.74. The molecule has 112 valence electrons. The lowest BCUT2D eigenvalue weighted by Crippen LogP contribution is -2.08. The quantitative estimate of drug-likeness (QED) is 0.484. The molecule has 5 heteroatoms. The van der Waals surface area contributed by atoms with Crippen molar-refractivity contribution in [3.8, 4) is 11.5 Å². The van der Waals surface area contributed by atoms with E-state index in [4.69, 9.17) is 9.47 Å². The molecule has 0 radical (unpaired) electrons. The Hall–Kier alpha value is -2.43. The van der Waals surface area contributed by atoms with Crippen LogP contribution in [0, 0.1) is 6.92 Å². The van der Waals surface area contributed by atoms with Crippen LogP contribution in [0.4, 0.5) is 0 Å². The highest BCUT2D eigenvalue weighted by molar-refractivity contribution is 5.95. The summed E-state index contributed by atoms with van der Waals surface area (Å²) in [6.07, 6.45) is 1.49. The summed E-state index contributed by atoms with van der Waals surface area (Å²) >= 11 is 0. The maximum Gasteiger partial charge on any atom is 0.308 e. The molecule has 0 spiro atoms. The molecule has 0 unspecified atom stereocenters. The molecule has 1 aromatic rings. The zero-order valence-corrected chi connectivity index (χ0v) is 12.8. The molecular formula is C16H18O5. The number of carbonyl (C=O) groups is 3. The maximum atomic E-state index is 11.2. The third-order valence-corrected chi connectivity index (χ3v) is 2.64. The number of allylic oxidation sites excluding steroid dienone is 2. The maximum absolute atomic E-state index is 11.2. The Morgan fingerprint density at radius 1 is 0.905 bits per heavy atom. The fraction of sp³-hybridized carbons (Fsp3) is 0.312. The summed E-state index contributed by atoms with van der Waals surface area (Å²) in [5.74, 6) is -0.785. The van der Waals surface area contributed by atoms with Crippen LogP contribution >= 0.6 is 0 Å². The normalized spacial score (nSPS) is 11.0. The van der Waals surface area contributed by atoms with Gasteiger partial charge in [-0.3, -0.25) is 14.4 Å². The van der Waals surface area contributed by atoms with E-state index in [2.05, 4.69) is 0 Å². The van der Waals surface area contributed by atoms with E-state index in [1.54, 1.807) is 19.1 Å². The molecule has 1 aromatic carbocycles. The topological polar surface area (TPSA) is 69.7 Å². The molecule has 0 bridgehead atoms. The molecule has 0 aromatic heterocycles. The van der Waals surface area contributed by atoms with Crippen LogP contribution in [0.3, 0.4) is 0 Å². The van der Waals surface area contributed by atoms with Gasteiger partial charge in [0.05, 0.1) is 0 Å². The predicted molar refractivity (Wildman–Crippen MR) is 78.1 cm³/mol. The Labute approximate surface area is 123 Å². The van der Waals surface area contributed by atoms with E-state index < -0.39 is 11.9 Å². The summed E-state index contributed by atoms with van der Waals surface area (Å²) in [7, 11) is 0. The average molecular weight is 290 g/mol. The molecule has 1 rings (SSSR count). The van der Waals surface area contributed by atoms with Gasteiger partial charge in [0.1, 0.15) is 0 Å². The van der Waals surface area contributed by atoms with Gasteiger partial charge < -0.3 is 9.47 Å². The Morgan fingerprint density at radius 3 is 1.81 bits per heavy atom. The number of ketones is 1. The summed E-state index contributed by atoms with van der Waals surface area (Å²) in [5, 5.41) is 0. The number of benzene rings is 1. The number of esters is 2. The number of hydrogen-bond donors (Lipinski definition) is 0. The first-order valence-electron chi connectivity index (χ1n) is 6.41. The van der Waals surface area contributed by atoms with Crippen LogP contribution in [0.15, 0.2) is 18.2 Å². The molecular weight excluding hydrogens is 272 g/mol. The Kier molecular flexibility index (Phi) is 5.41. The van der Waals surface area contributed by atoms with E-state index in [0.29, 0.717) is 0 Å². The van der Waals surface area contributed by atoms with Crippen molar-refractivity contribution in [3.63, 3.8) is 0 Å². The van der Waals surface area contributed by atoms with Crippen LogP contribution in [0.25, 0.3) is 5.57 Å². The molecule has 0 atom stereocenters. The van der Waals surface area contributed by atoms with E-state index in [1.165, 1.54) is 26.8 Å². The van der Waals surface area contributed by atoms with E-state index >= 15 is 0 Å². The number of hydrogen-bond acceptors (Lipinski definition) is 5. The van der Waals surface area contributed by atoms with Gasteiger partial charge in [-0.25, -0.2) is 0 Å². The van der Waals surface area contributed by atoms with Crippen LogP contribution < -0.4 is 9.47 Å². The molecule has 0 N–H and O–H groups in total. The molecule has 0 saturated carbocycles. The van der Waals surface area contributed by atoms with Gasteiger partial charge in [-0.2, -0.15) is 0 Å². The van der Waals surface area contributed by atoms with Crippen molar-refractivity contribution >= 4 is 23.3 Å². The molecule has 0 aliphatic carbocycles. The average Bonchev–Trinajstić information content (AvgIpc) is 2.30. The lowest BCUT2D eigenvalue weighted by Gasteiger charge is -2.13. The minimum atomic E-state index is -0.522. The SMILES string of the molecule is CC(=O)/C=C(/C)c1cc(OC(C)=O)c(OC(C)=O)cc1C. The first-order valence-corrected chi connectivity index (χ1v) is 6.41. The Balaban J connectivity index is 3.39. The highest BCUT2D eigenvalue weighted by atomic mass is 16.6. The van der Waals surface area contributed by atoms with E-state index in [1.807, 2.05) is 6.92 Å². The van der Waals surface area contributed by atoms with Gasteiger partial charge in [-0.05, 0) is 55.7 Å². The lowest BCUT2D eigenvalue weighted by molar-refractivity contribution is -0.134. The lowest BCUT2D eigenvalue weighted by atomic mass is 10.00. The fourth-order valence-corrected chi connectivity index (χ4v) is 1.94. The van der Waals surface area contributed by atoms with Crippen molar-refractivity contribution in [2.24, 2.45) is 0 Å². The van der Waals surface area contributed by atoms with Crippen molar-refractivity contribution in [3.05, 3.63) is 29.3 Å². The van der Waals surface area contributed by atoms with Gasteiger partial charge in [-0.1, -0.05) is 0 Å². The van der Waals surface area contributed by atoms with Crippen molar-refractivity contribution in [1.82, 2.24) is 0 Å². The van der Waals surface area contributed by atoms with Crippen LogP contribution in [-0.4, -0.2) is 17.7 Å². The third kappa shape index (κ3) is 4.87. The standard InChI is InChI=1S/C16H18O5/c1-9(6-11(3)17)14-8-16(21-13(5)19)15(7-10(14)2)20-12(4)18/h6-8H,1-5H3/b9-6-. The molecule has 21 heavy (non-hydrogen) atoms. The van der Waals surface area contributed by atoms with Crippen molar-refractivity contribution in [2.75, 3.05) is 0 Å². The van der Waals surface area contributed by atoms with Crippen LogP contribution in [0.2, 0.25) is 0 Å². The number of aryl methyl sites for hydroxylation is 1. The predicted octanol–water partition coefficient (Wildman–Crippen LogP) is 2.84. The molecule has 0 aliphatic heterocycles. The monoisotopic (exact) mass is 290 g/mol. The minimum absolute atomic E-state index is 0.0787. The summed E-state index contributed by atoms with van der Waals surface area (Å²) in [5.41, 5.74) is 2.29. The van der Waals surface area contributed by atoms with E-state index in [9.17, 15) is 14.4 Å². The van der Waals surface area contributed by atoms with Gasteiger partial charge in [-0.15, -0.1) is 0 Å². The van der Waals surface area contributed by atoms with E-state index in [-0.39, 0.29) is 17.3 Å². The molecule has 0 aliphatic rings. The zero-order valence-electron chi connectivity index (χ0n) is 12.8. The highest BCUT2D eigenvalue weighted by Crippen LogP contribution is 2.34. The summed E-state index contributed by atoms with van der Waals surface area (Å²) in [6.45, 7) is 7.58. The Morgan fingerprint density at radius 2 is 1.38 bits per heavy atom. The third-order valence-electron chi connectivity index (χ3n) is 2.64. The van der Waals surface area contributed by atoms with Crippen molar-refractivity contribution in [2.45, 2.75) is 34.6 Å². The van der Waals surface area contributed by atoms with E-state index in [0.717, 1.165) is 16.7 Å². The summed E-state index contributed by atoms with van der Waals surface area (Å²) in [4.78, 5) is 33.5. The largest absolute Gasteiger partial charge is 0.423 e. The van der Waals surface area contributed by atoms with Crippen molar-refractivity contribution < 1.29 is 23.9 Å². The van der Waals surface area contributed by atoms with Crippen LogP contribution in [0.5, 0.6) is 11.5 Å². The van der Waals surface area contributed by atoms with Gasteiger partial charge in [0.15, 0.2) is 17.3 Å². The van der Waals surface area contributed by atoms with Gasteiger partial charge in [0.2, 0.25) is 0 Å². The molecule has 5 nitrogen and oxygen atoms in total. The zero-order chi connectivity index (χ0) is 16.2. The molecule has 0 saturated heterocycles. The van der Waals surface area contributed by atoms with Gasteiger partial charge in [0.25, 0.3) is 0 Å². The second-order valence-corrected chi connectivity index (χ2v) is 4.74. The van der Waals surface area contributed by atoms with Crippen LogP contribution in [-0.2, 0) is 14.4 Å². The summed E-state index contributed by atoms with van der Waals surface area (Å²) in [6, 6.07) is 3.19. The number of carbonyl (C=O) groups excluding carboxylic acids is 3. The smallest absolute Gasteiger partial charge is 0.308 e. The number of ether oxygens (including phenoxy) is 2. The Bertz CT molecular complexity index is 626. The highest BCUT2D eigenvalue weighted by Gasteiger charge is 2.14. The van der Waals surface area contributed by atoms with Gasteiger partial charge in [0, 0.05) is 13.8 Å². The molecule has 0 heterocycles. The first kappa shape index (κ1) is 16.6. The van der Waals surface area contributed by atoms with Crippen molar-refractivity contribution in [1.29, 1.82) is 0 Å².